The van der Waals surface area contributed by atoms with Crippen LogP contribution in [0.2, 0.25) is 10.0 Å². The van der Waals surface area contributed by atoms with Crippen molar-refractivity contribution in [2.75, 3.05) is 46.1 Å². The van der Waals surface area contributed by atoms with Crippen molar-refractivity contribution in [1.82, 2.24) is 10.2 Å². The van der Waals surface area contributed by atoms with Crippen molar-refractivity contribution in [1.29, 1.82) is 0 Å². The summed E-state index contributed by atoms with van der Waals surface area (Å²) in [5, 5.41) is 32.3. The van der Waals surface area contributed by atoms with E-state index in [-0.39, 0.29) is 39.1 Å². The smallest absolute Gasteiger partial charge is 0.255 e. The van der Waals surface area contributed by atoms with Crippen LogP contribution >= 0.6 is 23.2 Å². The van der Waals surface area contributed by atoms with E-state index in [2.05, 4.69) is 10.2 Å². The summed E-state index contributed by atoms with van der Waals surface area (Å²) >= 11 is 13.5. The number of aliphatic hydroxyl groups excluding tert-OH is 3. The molecule has 0 radical (unpaired) electrons. The molecule has 0 bridgehead atoms. The monoisotopic (exact) mass is 661 g/mol. The molecule has 10 nitrogen and oxygen atoms in total. The third-order valence-electron chi connectivity index (χ3n) is 7.67. The first-order chi connectivity index (χ1) is 21.7. The molecular weight excluding hydrogens is 621 g/mol. The highest BCUT2D eigenvalue weighted by atomic mass is 35.5. The van der Waals surface area contributed by atoms with Gasteiger partial charge < -0.3 is 45.5 Å². The lowest BCUT2D eigenvalue weighted by molar-refractivity contribution is -0.119. The number of carbonyl (C=O) groups is 1. The van der Waals surface area contributed by atoms with Gasteiger partial charge in [-0.3, -0.25) is 4.79 Å². The van der Waals surface area contributed by atoms with Crippen molar-refractivity contribution in [2.24, 2.45) is 5.73 Å². The second kappa shape index (κ2) is 17.0. The number of hydrogen-bond acceptors (Lipinski definition) is 9. The molecule has 3 aromatic rings. The zero-order valence-corrected chi connectivity index (χ0v) is 26.8. The highest BCUT2D eigenvalue weighted by Crippen LogP contribution is 2.38. The minimum absolute atomic E-state index is 0.108. The maximum atomic E-state index is 11.4. The number of nitrogens with two attached hydrogens (primary N) is 1. The van der Waals surface area contributed by atoms with Crippen molar-refractivity contribution in [3.05, 3.63) is 75.3 Å². The number of carbonyl (C=O) groups excluding carboxylic acids is 1. The Balaban J connectivity index is 1.46. The molecule has 0 aliphatic carbocycles. The van der Waals surface area contributed by atoms with Crippen molar-refractivity contribution in [3.63, 3.8) is 0 Å². The summed E-state index contributed by atoms with van der Waals surface area (Å²) in [6, 6.07) is 14.3. The fraction of sp³-hybridized carbons (Fsp3) is 0.424. The number of nitrogens with zero attached hydrogens (tertiary/aromatic N) is 1. The van der Waals surface area contributed by atoms with Crippen LogP contribution in [0.3, 0.4) is 0 Å². The molecular formula is C33H41Cl2N3O7. The van der Waals surface area contributed by atoms with Gasteiger partial charge in [0.25, 0.3) is 5.91 Å². The summed E-state index contributed by atoms with van der Waals surface area (Å²) in [6.07, 6.45) is 1.47. The van der Waals surface area contributed by atoms with Gasteiger partial charge in [-0.25, -0.2) is 0 Å². The summed E-state index contributed by atoms with van der Waals surface area (Å²) in [4.78, 5) is 13.6. The van der Waals surface area contributed by atoms with Crippen LogP contribution in [-0.2, 0) is 17.9 Å². The number of primary amides is 1. The van der Waals surface area contributed by atoms with Gasteiger partial charge in [-0.2, -0.15) is 0 Å². The van der Waals surface area contributed by atoms with Crippen LogP contribution in [0.15, 0.2) is 48.5 Å². The lowest BCUT2D eigenvalue weighted by Crippen LogP contribution is -2.35. The maximum absolute atomic E-state index is 11.4. The third-order valence-corrected chi connectivity index (χ3v) is 8.41. The van der Waals surface area contributed by atoms with Gasteiger partial charge in [-0.15, -0.1) is 0 Å². The number of β-amino-alcohol motifs (C(OH)–C–C–N with tert-alkyl or cyclic N) is 1. The van der Waals surface area contributed by atoms with Gasteiger partial charge >= 0.3 is 0 Å². The first-order valence-electron chi connectivity index (χ1n) is 14.9. The number of amides is 1. The number of likely N-dealkylation sites (tertiary alicyclic amines) is 1. The molecule has 12 heteroatoms. The molecule has 4 rings (SSSR count). The molecule has 1 atom stereocenters. The molecule has 1 aliphatic heterocycles. The van der Waals surface area contributed by atoms with Gasteiger partial charge in [0, 0.05) is 48.9 Å². The fourth-order valence-corrected chi connectivity index (χ4v) is 5.68. The van der Waals surface area contributed by atoms with Crippen LogP contribution in [0, 0.1) is 6.92 Å². The van der Waals surface area contributed by atoms with E-state index in [9.17, 15) is 20.1 Å². The van der Waals surface area contributed by atoms with Gasteiger partial charge in [0.1, 0.15) is 23.9 Å². The number of benzene rings is 3. The highest BCUT2D eigenvalue weighted by Gasteiger charge is 2.20. The number of rotatable bonds is 17. The van der Waals surface area contributed by atoms with Crippen LogP contribution < -0.4 is 25.3 Å². The third kappa shape index (κ3) is 9.70. The molecule has 1 heterocycles. The largest absolute Gasteiger partial charge is 0.493 e. The number of aliphatic hydroxyl groups is 3. The van der Waals surface area contributed by atoms with Crippen molar-refractivity contribution >= 4 is 29.1 Å². The molecule has 0 saturated carbocycles. The van der Waals surface area contributed by atoms with Gasteiger partial charge in [0.15, 0.2) is 6.61 Å². The zero-order valence-electron chi connectivity index (χ0n) is 25.3. The van der Waals surface area contributed by atoms with E-state index in [0.717, 1.165) is 60.5 Å². The second-order valence-corrected chi connectivity index (χ2v) is 11.8. The van der Waals surface area contributed by atoms with E-state index in [1.807, 2.05) is 43.3 Å². The molecule has 1 amide bonds. The Morgan fingerprint density at radius 2 is 1.78 bits per heavy atom. The summed E-state index contributed by atoms with van der Waals surface area (Å²) in [7, 11) is 0. The van der Waals surface area contributed by atoms with Gasteiger partial charge in [-0.1, -0.05) is 53.5 Å². The molecule has 244 valence electrons. The number of halogens is 2. The molecule has 1 fully saturated rings. The summed E-state index contributed by atoms with van der Waals surface area (Å²) in [5.74, 6) is 0.782. The Labute approximate surface area is 273 Å². The Morgan fingerprint density at radius 1 is 1.02 bits per heavy atom. The first kappa shape index (κ1) is 34.8. The van der Waals surface area contributed by atoms with E-state index < -0.39 is 11.9 Å². The Kier molecular flexibility index (Phi) is 13.1. The van der Waals surface area contributed by atoms with Crippen LogP contribution in [0.25, 0.3) is 11.1 Å². The van der Waals surface area contributed by atoms with Crippen molar-refractivity contribution < 1.29 is 34.3 Å². The maximum Gasteiger partial charge on any atom is 0.255 e. The predicted molar refractivity (Wildman–Crippen MR) is 174 cm³/mol. The van der Waals surface area contributed by atoms with Gasteiger partial charge in [-0.05, 0) is 43.0 Å². The molecule has 1 aliphatic rings. The Bertz CT molecular complexity index is 1440. The fourth-order valence-electron chi connectivity index (χ4n) is 5.15. The van der Waals surface area contributed by atoms with Crippen LogP contribution in [0.5, 0.6) is 17.2 Å². The quantitative estimate of drug-likeness (QED) is 0.137. The van der Waals surface area contributed by atoms with Crippen LogP contribution in [-0.4, -0.2) is 84.3 Å². The van der Waals surface area contributed by atoms with E-state index in [1.165, 1.54) is 0 Å². The molecule has 1 unspecified atom stereocenters. The SMILES string of the molecule is Cc1c(OCCCN2CCC(O)C2)cccc1-c1cccc(COc2cc(OCC(N)=O)c(CNC(CO)CO)cc2Cl)c1Cl. The molecule has 3 aromatic carbocycles. The second-order valence-electron chi connectivity index (χ2n) is 11.0. The normalized spacial score (nSPS) is 15.0. The molecule has 0 spiro atoms. The van der Waals surface area contributed by atoms with E-state index >= 15 is 0 Å². The number of nitrogens with one attached hydrogen (secondary N) is 1. The molecule has 6 N–H and O–H groups in total. The summed E-state index contributed by atoms with van der Waals surface area (Å²) in [5.41, 5.74) is 9.37. The van der Waals surface area contributed by atoms with E-state index in [4.69, 9.17) is 43.1 Å². The van der Waals surface area contributed by atoms with Crippen molar-refractivity contribution in [2.45, 2.75) is 45.1 Å². The van der Waals surface area contributed by atoms with Crippen LogP contribution in [0.4, 0.5) is 0 Å². The lowest BCUT2D eigenvalue weighted by Gasteiger charge is -2.19. The number of ether oxygens (including phenoxy) is 3. The van der Waals surface area contributed by atoms with Gasteiger partial charge in [0.05, 0.1) is 42.0 Å². The lowest BCUT2D eigenvalue weighted by atomic mass is 9.98. The molecule has 0 aromatic heterocycles. The average Bonchev–Trinajstić information content (AvgIpc) is 3.44. The summed E-state index contributed by atoms with van der Waals surface area (Å²) in [6.45, 7) is 4.56. The van der Waals surface area contributed by atoms with Gasteiger partial charge in [0.2, 0.25) is 0 Å². The van der Waals surface area contributed by atoms with Crippen molar-refractivity contribution in [3.8, 4) is 28.4 Å². The number of hydrogen-bond donors (Lipinski definition) is 5. The minimum Gasteiger partial charge on any atom is -0.493 e. The molecule has 1 saturated heterocycles. The zero-order chi connectivity index (χ0) is 32.3. The van der Waals surface area contributed by atoms with E-state index in [0.29, 0.717) is 33.7 Å². The van der Waals surface area contributed by atoms with E-state index in [1.54, 1.807) is 12.1 Å². The Hall–Kier alpha value is -3.09. The Morgan fingerprint density at radius 3 is 2.49 bits per heavy atom. The molecule has 45 heavy (non-hydrogen) atoms. The van der Waals surface area contributed by atoms with Crippen LogP contribution in [0.1, 0.15) is 29.5 Å². The predicted octanol–water partition coefficient (Wildman–Crippen LogP) is 3.69. The highest BCUT2D eigenvalue weighted by molar-refractivity contribution is 6.34. The minimum atomic E-state index is -0.647. The topological polar surface area (TPSA) is 147 Å². The summed E-state index contributed by atoms with van der Waals surface area (Å²) < 4.78 is 17.8. The first-order valence-corrected chi connectivity index (χ1v) is 15.7. The standard InChI is InChI=1S/C33H41Cl2N3O7/c1-21-26(6-3-8-29(21)43-12-4-10-38-11-9-25(41)16-38)27-7-2-5-22(33(27)35)19-44-31-14-30(45-20-32(36)42)23(13-28(31)34)15-37-24(17-39)18-40/h2-3,5-8,13-14,24-25,37,39-41H,4,9-12,15-20H2,1H3,(H2,36,42). The average molecular weight is 663 g/mol.